The van der Waals surface area contributed by atoms with E-state index in [4.69, 9.17) is 21.1 Å². The topological polar surface area (TPSA) is 57.5 Å². The lowest BCUT2D eigenvalue weighted by atomic mass is 9.96. The SMILES string of the molecule is COC(=O)c1cn(C2CC2)c2c(OC)c(-c3cc4c(s3)C=C(CCCl)CC4)ccc2c1=O. The van der Waals surface area contributed by atoms with Crippen molar-refractivity contribution in [2.75, 3.05) is 20.1 Å². The van der Waals surface area contributed by atoms with E-state index in [1.807, 2.05) is 16.7 Å². The quantitative estimate of drug-likeness (QED) is 0.337. The summed E-state index contributed by atoms with van der Waals surface area (Å²) in [6, 6.07) is 6.24. The Kier molecular flexibility index (Phi) is 5.59. The molecule has 166 valence electrons. The number of alkyl halides is 1. The van der Waals surface area contributed by atoms with Crippen molar-refractivity contribution in [1.82, 2.24) is 4.57 Å². The Morgan fingerprint density at radius 2 is 2.06 bits per heavy atom. The molecule has 7 heteroatoms. The van der Waals surface area contributed by atoms with E-state index in [9.17, 15) is 9.59 Å². The molecule has 2 aromatic heterocycles. The summed E-state index contributed by atoms with van der Waals surface area (Å²) in [5.41, 5.74) is 4.18. The van der Waals surface area contributed by atoms with Gasteiger partial charge in [-0.05, 0) is 61.9 Å². The summed E-state index contributed by atoms with van der Waals surface area (Å²) in [7, 11) is 2.93. The van der Waals surface area contributed by atoms with Crippen LogP contribution in [0.15, 0.2) is 34.8 Å². The first-order valence-electron chi connectivity index (χ1n) is 10.8. The number of fused-ring (bicyclic) bond motifs is 2. The van der Waals surface area contributed by atoms with Gasteiger partial charge in [0.2, 0.25) is 5.43 Å². The maximum Gasteiger partial charge on any atom is 0.343 e. The molecule has 0 bridgehead atoms. The summed E-state index contributed by atoms with van der Waals surface area (Å²) < 4.78 is 12.8. The zero-order chi connectivity index (χ0) is 22.4. The first-order chi connectivity index (χ1) is 15.5. The van der Waals surface area contributed by atoms with Crippen LogP contribution in [-0.4, -0.2) is 30.6 Å². The number of rotatable bonds is 6. The molecule has 0 radical (unpaired) electrons. The molecular weight excluding hydrogens is 446 g/mol. The molecule has 0 N–H and O–H groups in total. The summed E-state index contributed by atoms with van der Waals surface area (Å²) in [6.45, 7) is 0. The lowest BCUT2D eigenvalue weighted by molar-refractivity contribution is 0.0598. The highest BCUT2D eigenvalue weighted by atomic mass is 35.5. The fraction of sp³-hybridized carbons (Fsp3) is 0.360. The molecule has 1 aromatic carbocycles. The van der Waals surface area contributed by atoms with Crippen LogP contribution in [0, 0.1) is 0 Å². The number of thiophene rings is 1. The van der Waals surface area contributed by atoms with Gasteiger partial charge in [0.15, 0.2) is 5.75 Å². The van der Waals surface area contributed by atoms with E-state index in [0.717, 1.165) is 48.1 Å². The maximum atomic E-state index is 13.1. The summed E-state index contributed by atoms with van der Waals surface area (Å²) in [4.78, 5) is 27.7. The standard InChI is InChI=1S/C25H24ClNO4S/c1-30-24-17(21-12-15-4-3-14(9-10-26)11-20(15)32-21)7-8-18-22(24)27(16-5-6-16)13-19(23(18)28)25(29)31-2/h7-8,11-13,16H,3-6,9-10H2,1-2H3. The Hall–Kier alpha value is -2.57. The third-order valence-electron chi connectivity index (χ3n) is 6.27. The number of benzene rings is 1. The number of hydrogen-bond donors (Lipinski definition) is 0. The van der Waals surface area contributed by atoms with Crippen molar-refractivity contribution < 1.29 is 14.3 Å². The Morgan fingerprint density at radius 1 is 1.25 bits per heavy atom. The van der Waals surface area contributed by atoms with Crippen molar-refractivity contribution >= 4 is 45.9 Å². The monoisotopic (exact) mass is 469 g/mol. The van der Waals surface area contributed by atoms with Crippen LogP contribution < -0.4 is 10.2 Å². The van der Waals surface area contributed by atoms with Crippen molar-refractivity contribution in [3.63, 3.8) is 0 Å². The van der Waals surface area contributed by atoms with Gasteiger partial charge in [0.05, 0.1) is 25.1 Å². The van der Waals surface area contributed by atoms with E-state index < -0.39 is 5.97 Å². The number of esters is 1. The number of allylic oxidation sites excluding steroid dienone is 1. The van der Waals surface area contributed by atoms with E-state index in [-0.39, 0.29) is 17.0 Å². The molecule has 5 rings (SSSR count). The fourth-order valence-corrected chi connectivity index (χ4v) is 5.95. The van der Waals surface area contributed by atoms with Crippen LogP contribution in [0.4, 0.5) is 0 Å². The number of pyridine rings is 1. The molecule has 1 fully saturated rings. The molecule has 0 atom stereocenters. The minimum atomic E-state index is -0.611. The van der Waals surface area contributed by atoms with Crippen molar-refractivity contribution in [1.29, 1.82) is 0 Å². The van der Waals surface area contributed by atoms with Crippen LogP contribution in [0.1, 0.15) is 52.5 Å². The molecule has 0 saturated heterocycles. The predicted octanol–water partition coefficient (Wildman–Crippen LogP) is 5.82. The number of hydrogen-bond acceptors (Lipinski definition) is 5. The number of nitrogens with zero attached hydrogens (tertiary/aromatic N) is 1. The average Bonchev–Trinajstić information content (AvgIpc) is 3.56. The van der Waals surface area contributed by atoms with Crippen molar-refractivity contribution in [2.24, 2.45) is 0 Å². The number of ether oxygens (including phenoxy) is 2. The van der Waals surface area contributed by atoms with Gasteiger partial charge >= 0.3 is 5.97 Å². The van der Waals surface area contributed by atoms with Gasteiger partial charge in [0, 0.05) is 33.4 Å². The highest BCUT2D eigenvalue weighted by Crippen LogP contribution is 2.45. The van der Waals surface area contributed by atoms with Gasteiger partial charge in [-0.2, -0.15) is 0 Å². The third-order valence-corrected chi connectivity index (χ3v) is 7.62. The van der Waals surface area contributed by atoms with Crippen LogP contribution >= 0.6 is 22.9 Å². The van der Waals surface area contributed by atoms with Gasteiger partial charge in [-0.1, -0.05) is 5.57 Å². The highest BCUT2D eigenvalue weighted by molar-refractivity contribution is 7.16. The van der Waals surface area contributed by atoms with Gasteiger partial charge in [-0.15, -0.1) is 22.9 Å². The summed E-state index contributed by atoms with van der Waals surface area (Å²) in [5.74, 6) is 0.704. The number of methoxy groups -OCH3 is 2. The van der Waals surface area contributed by atoms with Crippen LogP contribution in [0.5, 0.6) is 5.75 Å². The van der Waals surface area contributed by atoms with Crippen LogP contribution in [-0.2, 0) is 11.2 Å². The van der Waals surface area contributed by atoms with E-state index in [1.54, 1.807) is 24.6 Å². The summed E-state index contributed by atoms with van der Waals surface area (Å²) in [6.07, 6.45) is 8.90. The number of carbonyl (C=O) groups excluding carboxylic acids is 1. The number of aromatic nitrogens is 1. The molecule has 0 spiro atoms. The Morgan fingerprint density at radius 3 is 2.75 bits per heavy atom. The predicted molar refractivity (Wildman–Crippen MR) is 129 cm³/mol. The van der Waals surface area contributed by atoms with Gasteiger partial charge in [-0.3, -0.25) is 4.79 Å². The van der Waals surface area contributed by atoms with Crippen LogP contribution in [0.2, 0.25) is 0 Å². The second kappa shape index (κ2) is 8.41. The molecule has 1 saturated carbocycles. The van der Waals surface area contributed by atoms with Gasteiger partial charge in [0.25, 0.3) is 0 Å². The van der Waals surface area contributed by atoms with Crippen LogP contribution in [0.3, 0.4) is 0 Å². The molecule has 5 nitrogen and oxygen atoms in total. The molecule has 3 aromatic rings. The summed E-state index contributed by atoms with van der Waals surface area (Å²) in [5, 5.41) is 0.478. The van der Waals surface area contributed by atoms with Gasteiger partial charge in [0.1, 0.15) is 5.56 Å². The summed E-state index contributed by atoms with van der Waals surface area (Å²) >= 11 is 7.69. The second-order valence-electron chi connectivity index (χ2n) is 8.29. The van der Waals surface area contributed by atoms with E-state index in [2.05, 4.69) is 12.1 Å². The lowest BCUT2D eigenvalue weighted by Gasteiger charge is -2.17. The van der Waals surface area contributed by atoms with Crippen molar-refractivity contribution in [3.05, 3.63) is 56.2 Å². The molecule has 2 aliphatic rings. The van der Waals surface area contributed by atoms with E-state index in [1.165, 1.54) is 23.1 Å². The second-order valence-corrected chi connectivity index (χ2v) is 9.75. The normalized spacial score (nSPS) is 15.4. The zero-order valence-electron chi connectivity index (χ0n) is 18.1. The minimum absolute atomic E-state index is 0.0604. The highest BCUT2D eigenvalue weighted by Gasteiger charge is 2.29. The molecule has 0 unspecified atom stereocenters. The zero-order valence-corrected chi connectivity index (χ0v) is 19.6. The molecular formula is C25H24ClNO4S. The Bertz CT molecular complexity index is 1320. The minimum Gasteiger partial charge on any atom is -0.494 e. The Labute approximate surface area is 195 Å². The van der Waals surface area contributed by atoms with E-state index >= 15 is 0 Å². The maximum absolute atomic E-state index is 13.1. The van der Waals surface area contributed by atoms with Gasteiger partial charge < -0.3 is 14.0 Å². The number of carbonyl (C=O) groups is 1. The van der Waals surface area contributed by atoms with Gasteiger partial charge in [-0.25, -0.2) is 4.79 Å². The number of halogens is 1. The average molecular weight is 470 g/mol. The molecule has 32 heavy (non-hydrogen) atoms. The molecule has 2 heterocycles. The smallest absolute Gasteiger partial charge is 0.343 e. The third kappa shape index (κ3) is 3.55. The van der Waals surface area contributed by atoms with E-state index in [0.29, 0.717) is 17.0 Å². The van der Waals surface area contributed by atoms with Crippen LogP contribution in [0.25, 0.3) is 27.4 Å². The largest absolute Gasteiger partial charge is 0.494 e. The first-order valence-corrected chi connectivity index (χ1v) is 12.1. The molecule has 0 amide bonds. The Balaban J connectivity index is 1.71. The van der Waals surface area contributed by atoms with Crippen molar-refractivity contribution in [3.8, 4) is 16.2 Å². The molecule has 2 aliphatic carbocycles. The van der Waals surface area contributed by atoms with Crippen molar-refractivity contribution in [2.45, 2.75) is 38.1 Å². The lowest BCUT2D eigenvalue weighted by Crippen LogP contribution is -2.20. The fourth-order valence-electron chi connectivity index (χ4n) is 4.48. The molecule has 0 aliphatic heterocycles. The number of aryl methyl sites for hydroxylation is 1. The first kappa shape index (κ1) is 21.3.